The quantitative estimate of drug-likeness (QED) is 0.120. The van der Waals surface area contributed by atoms with Gasteiger partial charge in [0.15, 0.2) is 4.80 Å². The van der Waals surface area contributed by atoms with E-state index in [-0.39, 0.29) is 38.7 Å². The Hall–Kier alpha value is -5.26. The number of fused-ring (bicyclic) bond motifs is 1. The number of carbonyl (C=O) groups is 1. The third-order valence-electron chi connectivity index (χ3n) is 7.11. The summed E-state index contributed by atoms with van der Waals surface area (Å²) in [5, 5.41) is 11.9. The predicted molar refractivity (Wildman–Crippen MR) is 170 cm³/mol. The number of hydrogen-bond acceptors (Lipinski definition) is 9. The molecule has 3 heterocycles. The van der Waals surface area contributed by atoms with Crippen LogP contribution in [0.15, 0.2) is 105 Å². The lowest BCUT2D eigenvalue weighted by molar-refractivity contribution is -0.384. The molecule has 6 rings (SSSR count). The molecule has 0 fully saturated rings. The van der Waals surface area contributed by atoms with Gasteiger partial charge in [-0.2, -0.15) is 0 Å². The highest BCUT2D eigenvalue weighted by atomic mass is 35.5. The number of methoxy groups -OCH3 is 1. The molecule has 2 aromatic heterocycles. The van der Waals surface area contributed by atoms with Crippen molar-refractivity contribution in [2.24, 2.45) is 4.99 Å². The SMILES string of the molecule is CCOC(=O)C1=C(c2ccccc2)N=c2s/c(=C\c3ccc(-c4ccc(Cl)cc4[N+](=O)[O-])o3)c(=O)n2C1c1cccc(OC)c1. The van der Waals surface area contributed by atoms with Gasteiger partial charge in [-0.1, -0.05) is 65.4 Å². The minimum absolute atomic E-state index is 0.131. The summed E-state index contributed by atoms with van der Waals surface area (Å²) >= 11 is 7.10. The van der Waals surface area contributed by atoms with Gasteiger partial charge in [0.05, 0.1) is 46.0 Å². The summed E-state index contributed by atoms with van der Waals surface area (Å²) in [5.41, 5.74) is 1.55. The average molecular weight is 642 g/mol. The van der Waals surface area contributed by atoms with Crippen LogP contribution in [0.4, 0.5) is 5.69 Å². The van der Waals surface area contributed by atoms with E-state index >= 15 is 0 Å². The predicted octanol–water partition coefficient (Wildman–Crippen LogP) is 5.77. The van der Waals surface area contributed by atoms with E-state index < -0.39 is 22.5 Å². The van der Waals surface area contributed by atoms with Crippen LogP contribution >= 0.6 is 22.9 Å². The van der Waals surface area contributed by atoms with Crippen molar-refractivity contribution < 1.29 is 23.6 Å². The molecule has 12 heteroatoms. The average Bonchev–Trinajstić information content (AvgIpc) is 3.64. The first-order valence-corrected chi connectivity index (χ1v) is 14.9. The first kappa shape index (κ1) is 29.8. The van der Waals surface area contributed by atoms with Crippen molar-refractivity contribution in [1.82, 2.24) is 4.57 Å². The second kappa shape index (κ2) is 12.4. The first-order chi connectivity index (χ1) is 21.8. The molecule has 226 valence electrons. The Bertz CT molecular complexity index is 2170. The minimum atomic E-state index is -0.878. The van der Waals surface area contributed by atoms with E-state index in [4.69, 9.17) is 30.5 Å². The van der Waals surface area contributed by atoms with Crippen LogP contribution < -0.4 is 19.6 Å². The summed E-state index contributed by atoms with van der Waals surface area (Å²) in [6.45, 7) is 1.85. The Labute approximate surface area is 264 Å². The largest absolute Gasteiger partial charge is 0.497 e. The standard InChI is InChI=1S/C33H24ClN3O7S/c1-3-43-32(39)28-29(19-8-5-4-6-9-19)35-33-36(30(28)20-10-7-11-22(16-20)42-2)31(38)27(45-33)18-23-13-15-26(44-23)24-14-12-21(34)17-25(24)37(40)41/h4-18,30H,3H2,1-2H3/b27-18-. The summed E-state index contributed by atoms with van der Waals surface area (Å²) in [5.74, 6) is 0.492. The second-order valence-corrected chi connectivity index (χ2v) is 11.3. The maximum absolute atomic E-state index is 14.1. The molecule has 1 aliphatic heterocycles. The second-order valence-electron chi connectivity index (χ2n) is 9.83. The lowest BCUT2D eigenvalue weighted by Crippen LogP contribution is -2.40. The zero-order valence-corrected chi connectivity index (χ0v) is 25.5. The number of furan rings is 1. The Balaban J connectivity index is 1.56. The number of esters is 1. The molecule has 1 aliphatic rings. The number of nitro benzene ring substituents is 1. The number of halogens is 1. The van der Waals surface area contributed by atoms with E-state index in [1.165, 1.54) is 22.8 Å². The van der Waals surface area contributed by atoms with Gasteiger partial charge in [-0.05, 0) is 48.9 Å². The number of aromatic nitrogens is 1. The molecule has 0 radical (unpaired) electrons. The first-order valence-electron chi connectivity index (χ1n) is 13.8. The lowest BCUT2D eigenvalue weighted by atomic mass is 9.93. The summed E-state index contributed by atoms with van der Waals surface area (Å²) in [6, 6.07) is 23.0. The maximum atomic E-state index is 14.1. The van der Waals surface area contributed by atoms with Crippen LogP contribution in [-0.2, 0) is 9.53 Å². The fraction of sp³-hybridized carbons (Fsp3) is 0.121. The maximum Gasteiger partial charge on any atom is 0.338 e. The van der Waals surface area contributed by atoms with Gasteiger partial charge in [0, 0.05) is 22.7 Å². The highest BCUT2D eigenvalue weighted by Crippen LogP contribution is 2.36. The van der Waals surface area contributed by atoms with Gasteiger partial charge in [-0.3, -0.25) is 19.5 Å². The molecule has 0 saturated heterocycles. The Morgan fingerprint density at radius 2 is 1.91 bits per heavy atom. The molecule has 0 bridgehead atoms. The topological polar surface area (TPSA) is 126 Å². The van der Waals surface area contributed by atoms with Gasteiger partial charge in [0.2, 0.25) is 0 Å². The molecule has 0 spiro atoms. The number of benzene rings is 3. The normalized spacial score (nSPS) is 14.6. The molecule has 45 heavy (non-hydrogen) atoms. The van der Waals surface area contributed by atoms with Crippen molar-refractivity contribution in [3.05, 3.63) is 142 Å². The summed E-state index contributed by atoms with van der Waals surface area (Å²) < 4.78 is 18.7. The van der Waals surface area contributed by atoms with Crippen molar-refractivity contribution in [2.75, 3.05) is 13.7 Å². The number of rotatable bonds is 8. The van der Waals surface area contributed by atoms with Gasteiger partial charge in [-0.25, -0.2) is 9.79 Å². The van der Waals surface area contributed by atoms with Gasteiger partial charge in [0.25, 0.3) is 11.2 Å². The third kappa shape index (κ3) is 5.70. The zero-order chi connectivity index (χ0) is 31.7. The molecule has 1 unspecified atom stereocenters. The zero-order valence-electron chi connectivity index (χ0n) is 23.9. The number of ether oxygens (including phenoxy) is 2. The van der Waals surface area contributed by atoms with E-state index in [2.05, 4.69) is 0 Å². The molecule has 0 aliphatic carbocycles. The van der Waals surface area contributed by atoms with Crippen LogP contribution in [-0.4, -0.2) is 29.2 Å². The molecule has 0 amide bonds. The number of carbonyl (C=O) groups excluding carboxylic acids is 1. The smallest absolute Gasteiger partial charge is 0.338 e. The lowest BCUT2D eigenvalue weighted by Gasteiger charge is -2.26. The number of hydrogen-bond donors (Lipinski definition) is 0. The Kier molecular flexibility index (Phi) is 8.20. The molecule has 1 atom stereocenters. The fourth-order valence-corrected chi connectivity index (χ4v) is 6.28. The van der Waals surface area contributed by atoms with Crippen molar-refractivity contribution in [3.63, 3.8) is 0 Å². The van der Waals surface area contributed by atoms with Crippen LogP contribution in [0.1, 0.15) is 29.9 Å². The van der Waals surface area contributed by atoms with Gasteiger partial charge >= 0.3 is 5.97 Å². The van der Waals surface area contributed by atoms with Gasteiger partial charge in [0.1, 0.15) is 17.3 Å². The monoisotopic (exact) mass is 641 g/mol. The molecule has 0 N–H and O–H groups in total. The van der Waals surface area contributed by atoms with Crippen molar-refractivity contribution in [2.45, 2.75) is 13.0 Å². The Morgan fingerprint density at radius 3 is 2.64 bits per heavy atom. The molecular formula is C33H24ClN3O7S. The molecule has 10 nitrogen and oxygen atoms in total. The number of thiazole rings is 1. The fourth-order valence-electron chi connectivity index (χ4n) is 5.14. The van der Waals surface area contributed by atoms with E-state index in [1.807, 2.05) is 36.4 Å². The van der Waals surface area contributed by atoms with E-state index in [0.717, 1.165) is 11.3 Å². The third-order valence-corrected chi connectivity index (χ3v) is 8.32. The van der Waals surface area contributed by atoms with Crippen molar-refractivity contribution in [3.8, 4) is 17.1 Å². The van der Waals surface area contributed by atoms with Crippen LogP contribution in [0.3, 0.4) is 0 Å². The number of nitro groups is 1. The summed E-state index contributed by atoms with van der Waals surface area (Å²) in [6.07, 6.45) is 1.55. The minimum Gasteiger partial charge on any atom is -0.497 e. The highest BCUT2D eigenvalue weighted by Gasteiger charge is 2.35. The Morgan fingerprint density at radius 1 is 1.11 bits per heavy atom. The van der Waals surface area contributed by atoms with E-state index in [1.54, 1.807) is 50.4 Å². The van der Waals surface area contributed by atoms with E-state index in [0.29, 0.717) is 33.1 Å². The van der Waals surface area contributed by atoms with Crippen LogP contribution in [0.5, 0.6) is 5.75 Å². The summed E-state index contributed by atoms with van der Waals surface area (Å²) in [7, 11) is 1.54. The van der Waals surface area contributed by atoms with Gasteiger partial charge in [-0.15, -0.1) is 0 Å². The number of nitrogens with zero attached hydrogens (tertiary/aromatic N) is 3. The molecule has 3 aromatic carbocycles. The molecular weight excluding hydrogens is 618 g/mol. The van der Waals surface area contributed by atoms with Gasteiger partial charge < -0.3 is 13.9 Å². The molecule has 5 aromatic rings. The highest BCUT2D eigenvalue weighted by molar-refractivity contribution is 7.07. The van der Waals surface area contributed by atoms with Crippen molar-refractivity contribution >= 4 is 46.4 Å². The van der Waals surface area contributed by atoms with Crippen molar-refractivity contribution in [1.29, 1.82) is 0 Å². The van der Waals surface area contributed by atoms with Crippen LogP contribution in [0.25, 0.3) is 23.1 Å². The van der Waals surface area contributed by atoms with Crippen LogP contribution in [0, 0.1) is 10.1 Å². The summed E-state index contributed by atoms with van der Waals surface area (Å²) in [4.78, 5) is 44.0. The molecule has 0 saturated carbocycles. The van der Waals surface area contributed by atoms with Crippen LogP contribution in [0.2, 0.25) is 5.02 Å². The van der Waals surface area contributed by atoms with E-state index in [9.17, 15) is 19.7 Å².